The molecule has 6 nitrogen and oxygen atoms in total. The monoisotopic (exact) mass is 273 g/mol. The van der Waals surface area contributed by atoms with Gasteiger partial charge in [-0.2, -0.15) is 0 Å². The molecule has 0 aliphatic heterocycles. The average Bonchev–Trinajstić information content (AvgIpc) is 2.78. The number of aryl methyl sites for hydroxylation is 1. The molecule has 0 aliphatic rings. The van der Waals surface area contributed by atoms with Crippen LogP contribution in [0.1, 0.15) is 21.6 Å². The highest BCUT2D eigenvalue weighted by molar-refractivity contribution is 5.99. The maximum absolute atomic E-state index is 11.7. The minimum atomic E-state index is -0.367. The highest BCUT2D eigenvalue weighted by Gasteiger charge is 2.12. The second-order valence-electron chi connectivity index (χ2n) is 4.32. The Morgan fingerprint density at radius 1 is 1.20 bits per heavy atom. The molecule has 2 aromatic rings. The van der Waals surface area contributed by atoms with Crippen molar-refractivity contribution in [3.63, 3.8) is 0 Å². The molecule has 0 atom stereocenters. The van der Waals surface area contributed by atoms with Crippen LogP contribution in [0.25, 0.3) is 0 Å². The summed E-state index contributed by atoms with van der Waals surface area (Å²) < 4.78 is 4.96. The Hall–Kier alpha value is -2.63. The van der Waals surface area contributed by atoms with Crippen molar-refractivity contribution in [1.82, 2.24) is 10.5 Å². The molecule has 0 saturated heterocycles. The van der Waals surface area contributed by atoms with Crippen molar-refractivity contribution >= 4 is 17.7 Å². The van der Waals surface area contributed by atoms with Crippen LogP contribution in [0.4, 0.5) is 5.88 Å². The van der Waals surface area contributed by atoms with Crippen molar-refractivity contribution in [2.75, 3.05) is 11.9 Å². The van der Waals surface area contributed by atoms with Gasteiger partial charge in [-0.25, -0.2) is 0 Å². The molecule has 1 aromatic heterocycles. The number of anilines is 1. The third kappa shape index (κ3) is 3.23. The molecule has 104 valence electrons. The van der Waals surface area contributed by atoms with E-state index in [4.69, 9.17) is 4.52 Å². The zero-order valence-corrected chi connectivity index (χ0v) is 11.3. The van der Waals surface area contributed by atoms with Crippen LogP contribution in [0.5, 0.6) is 0 Å². The molecular weight excluding hydrogens is 258 g/mol. The average molecular weight is 273 g/mol. The minimum Gasteiger partial charge on any atom is -0.343 e. The van der Waals surface area contributed by atoms with Gasteiger partial charge in [-0.1, -0.05) is 23.4 Å². The van der Waals surface area contributed by atoms with Gasteiger partial charge >= 0.3 is 0 Å². The Morgan fingerprint density at radius 3 is 2.50 bits per heavy atom. The quantitative estimate of drug-likeness (QED) is 0.887. The Kier molecular flexibility index (Phi) is 4.14. The molecule has 1 aromatic carbocycles. The van der Waals surface area contributed by atoms with Crippen LogP contribution in [-0.4, -0.2) is 23.5 Å². The normalized spacial score (nSPS) is 10.1. The van der Waals surface area contributed by atoms with Crippen LogP contribution < -0.4 is 10.6 Å². The zero-order valence-electron chi connectivity index (χ0n) is 11.3. The standard InChI is InChI=1S/C14H15N3O3/c1-9-10(2)17-20-14(9)16-12(18)8-15-13(19)11-6-4-3-5-7-11/h3-7H,8H2,1-2H3,(H,15,19)(H,16,18). The third-order valence-electron chi connectivity index (χ3n) is 2.86. The molecule has 0 unspecified atom stereocenters. The lowest BCUT2D eigenvalue weighted by atomic mass is 10.2. The summed E-state index contributed by atoms with van der Waals surface area (Å²) in [6, 6.07) is 8.69. The molecule has 0 bridgehead atoms. The fraction of sp³-hybridized carbons (Fsp3) is 0.214. The molecule has 0 spiro atoms. The molecule has 6 heteroatoms. The highest BCUT2D eigenvalue weighted by atomic mass is 16.5. The van der Waals surface area contributed by atoms with Gasteiger partial charge in [0.1, 0.15) is 0 Å². The van der Waals surface area contributed by atoms with Crippen LogP contribution in [0.3, 0.4) is 0 Å². The number of benzene rings is 1. The number of aromatic nitrogens is 1. The summed E-state index contributed by atoms with van der Waals surface area (Å²) in [6.45, 7) is 3.45. The topological polar surface area (TPSA) is 84.2 Å². The highest BCUT2D eigenvalue weighted by Crippen LogP contribution is 2.16. The van der Waals surface area contributed by atoms with Crippen molar-refractivity contribution in [2.24, 2.45) is 0 Å². The summed E-state index contributed by atoms with van der Waals surface area (Å²) in [7, 11) is 0. The maximum atomic E-state index is 11.7. The molecule has 20 heavy (non-hydrogen) atoms. The van der Waals surface area contributed by atoms with Gasteiger partial charge in [-0.15, -0.1) is 0 Å². The van der Waals surface area contributed by atoms with Crippen LogP contribution >= 0.6 is 0 Å². The van der Waals surface area contributed by atoms with Crippen molar-refractivity contribution in [2.45, 2.75) is 13.8 Å². The van der Waals surface area contributed by atoms with Gasteiger partial charge in [0, 0.05) is 11.1 Å². The van der Waals surface area contributed by atoms with Crippen molar-refractivity contribution < 1.29 is 14.1 Å². The van der Waals surface area contributed by atoms with Crippen LogP contribution in [0.2, 0.25) is 0 Å². The Morgan fingerprint density at radius 2 is 1.90 bits per heavy atom. The fourth-order valence-electron chi connectivity index (χ4n) is 1.55. The number of nitrogens with zero attached hydrogens (tertiary/aromatic N) is 1. The number of hydrogen-bond donors (Lipinski definition) is 2. The van der Waals surface area contributed by atoms with Gasteiger partial charge in [0.25, 0.3) is 5.91 Å². The van der Waals surface area contributed by atoms with E-state index >= 15 is 0 Å². The smallest absolute Gasteiger partial charge is 0.251 e. The van der Waals surface area contributed by atoms with Gasteiger partial charge < -0.3 is 9.84 Å². The van der Waals surface area contributed by atoms with Gasteiger partial charge in [0.05, 0.1) is 12.2 Å². The molecule has 1 heterocycles. The van der Waals surface area contributed by atoms with Gasteiger partial charge in [0.2, 0.25) is 11.8 Å². The molecule has 2 amide bonds. The van der Waals surface area contributed by atoms with Crippen molar-refractivity contribution in [3.8, 4) is 0 Å². The van der Waals surface area contributed by atoms with Crippen LogP contribution in [0, 0.1) is 13.8 Å². The van der Waals surface area contributed by atoms with E-state index in [2.05, 4.69) is 15.8 Å². The van der Waals surface area contributed by atoms with Crippen molar-refractivity contribution in [3.05, 3.63) is 47.2 Å². The molecule has 0 saturated carbocycles. The second-order valence-corrected chi connectivity index (χ2v) is 4.32. The number of hydrogen-bond acceptors (Lipinski definition) is 4. The number of carbonyl (C=O) groups excluding carboxylic acids is 2. The Bertz CT molecular complexity index is 620. The predicted octanol–water partition coefficient (Wildman–Crippen LogP) is 1.66. The number of nitrogens with one attached hydrogen (secondary N) is 2. The Labute approximate surface area is 116 Å². The lowest BCUT2D eigenvalue weighted by molar-refractivity contribution is -0.115. The summed E-state index contributed by atoms with van der Waals surface area (Å²) in [5.41, 5.74) is 1.99. The largest absolute Gasteiger partial charge is 0.343 e. The molecule has 0 aliphatic carbocycles. The summed E-state index contributed by atoms with van der Waals surface area (Å²) in [5, 5.41) is 8.82. The number of amides is 2. The van der Waals surface area contributed by atoms with E-state index in [-0.39, 0.29) is 18.4 Å². The minimum absolute atomic E-state index is 0.132. The predicted molar refractivity (Wildman–Crippen MR) is 73.4 cm³/mol. The van der Waals surface area contributed by atoms with E-state index in [1.54, 1.807) is 38.1 Å². The summed E-state index contributed by atoms with van der Waals surface area (Å²) in [5.74, 6) is -0.360. The van der Waals surface area contributed by atoms with E-state index < -0.39 is 0 Å². The van der Waals surface area contributed by atoms with Gasteiger partial charge in [-0.05, 0) is 26.0 Å². The fourth-order valence-corrected chi connectivity index (χ4v) is 1.55. The number of carbonyl (C=O) groups is 2. The van der Waals surface area contributed by atoms with E-state index in [0.29, 0.717) is 17.1 Å². The van der Waals surface area contributed by atoms with E-state index in [1.807, 2.05) is 6.07 Å². The molecular formula is C14H15N3O3. The maximum Gasteiger partial charge on any atom is 0.251 e. The van der Waals surface area contributed by atoms with Gasteiger partial charge in [0.15, 0.2) is 0 Å². The van der Waals surface area contributed by atoms with E-state index in [1.165, 1.54) is 0 Å². The molecule has 2 N–H and O–H groups in total. The first-order valence-electron chi connectivity index (χ1n) is 6.14. The van der Waals surface area contributed by atoms with E-state index in [9.17, 15) is 9.59 Å². The third-order valence-corrected chi connectivity index (χ3v) is 2.86. The van der Waals surface area contributed by atoms with Crippen LogP contribution in [-0.2, 0) is 4.79 Å². The number of rotatable bonds is 4. The van der Waals surface area contributed by atoms with Crippen molar-refractivity contribution in [1.29, 1.82) is 0 Å². The van der Waals surface area contributed by atoms with E-state index in [0.717, 1.165) is 5.56 Å². The summed E-state index contributed by atoms with van der Waals surface area (Å²) >= 11 is 0. The molecule has 0 radical (unpaired) electrons. The lowest BCUT2D eigenvalue weighted by Gasteiger charge is -2.05. The Balaban J connectivity index is 1.87. The zero-order chi connectivity index (χ0) is 14.5. The second kappa shape index (κ2) is 6.01. The SMILES string of the molecule is Cc1noc(NC(=O)CNC(=O)c2ccccc2)c1C. The molecule has 0 fully saturated rings. The first-order valence-corrected chi connectivity index (χ1v) is 6.14. The first kappa shape index (κ1) is 13.8. The molecule has 2 rings (SSSR count). The summed E-state index contributed by atoms with van der Waals surface area (Å²) in [6.07, 6.45) is 0. The summed E-state index contributed by atoms with van der Waals surface area (Å²) in [4.78, 5) is 23.4. The van der Waals surface area contributed by atoms with Gasteiger partial charge in [-0.3, -0.25) is 14.9 Å². The van der Waals surface area contributed by atoms with Crippen LogP contribution in [0.15, 0.2) is 34.9 Å². The lowest BCUT2D eigenvalue weighted by Crippen LogP contribution is -2.32. The first-order chi connectivity index (χ1) is 9.58.